The molecule has 0 radical (unpaired) electrons. The molecule has 0 aliphatic rings. The van der Waals surface area contributed by atoms with Crippen molar-refractivity contribution in [3.05, 3.63) is 41.2 Å². The number of anilines is 1. The number of ether oxygens (including phenoxy) is 1. The highest BCUT2D eigenvalue weighted by atomic mass is 32.1. The van der Waals surface area contributed by atoms with Gasteiger partial charge in [-0.1, -0.05) is 29.8 Å². The molecule has 5 nitrogen and oxygen atoms in total. The second kappa shape index (κ2) is 7.33. The van der Waals surface area contributed by atoms with E-state index in [9.17, 15) is 5.11 Å². The van der Waals surface area contributed by atoms with E-state index in [0.717, 1.165) is 22.1 Å². The Morgan fingerprint density at radius 1 is 1.45 bits per heavy atom. The van der Waals surface area contributed by atoms with Gasteiger partial charge in [-0.25, -0.2) is 4.98 Å². The lowest BCUT2D eigenvalue weighted by atomic mass is 10.1. The molecule has 6 heteroatoms. The number of aromatic nitrogens is 2. The molecule has 0 amide bonds. The molecular formula is C14H19N3O2S. The summed E-state index contributed by atoms with van der Waals surface area (Å²) < 4.78 is 9.21. The van der Waals surface area contributed by atoms with E-state index < -0.39 is 6.10 Å². The first-order valence-electron chi connectivity index (χ1n) is 6.49. The van der Waals surface area contributed by atoms with Crippen LogP contribution >= 0.6 is 11.5 Å². The first-order valence-corrected chi connectivity index (χ1v) is 7.26. The number of rotatable bonds is 7. The molecular weight excluding hydrogens is 274 g/mol. The molecule has 2 N–H and O–H groups in total. The van der Waals surface area contributed by atoms with E-state index in [-0.39, 0.29) is 0 Å². The highest BCUT2D eigenvalue weighted by Gasteiger charge is 2.09. The summed E-state index contributed by atoms with van der Waals surface area (Å²) in [5, 5.41) is 14.0. The topological polar surface area (TPSA) is 67.3 Å². The van der Waals surface area contributed by atoms with Crippen molar-refractivity contribution in [1.82, 2.24) is 9.36 Å². The van der Waals surface area contributed by atoms with Crippen LogP contribution in [-0.4, -0.2) is 34.7 Å². The second-order valence-corrected chi connectivity index (χ2v) is 5.32. The maximum atomic E-state index is 10.1. The molecule has 2 rings (SSSR count). The van der Waals surface area contributed by atoms with Crippen LogP contribution in [-0.2, 0) is 11.2 Å². The molecule has 0 aliphatic carbocycles. The number of hydrogen-bond acceptors (Lipinski definition) is 6. The second-order valence-electron chi connectivity index (χ2n) is 4.57. The molecule has 1 atom stereocenters. The number of methoxy groups -OCH3 is 1. The van der Waals surface area contributed by atoms with Crippen LogP contribution in [0.25, 0.3) is 0 Å². The largest absolute Gasteiger partial charge is 0.387 e. The molecule has 0 spiro atoms. The van der Waals surface area contributed by atoms with Crippen LogP contribution in [0.1, 0.15) is 23.1 Å². The van der Waals surface area contributed by atoms with Gasteiger partial charge in [0.1, 0.15) is 5.82 Å². The number of aliphatic hydroxyl groups is 1. The number of nitrogens with zero attached hydrogens (tertiary/aromatic N) is 2. The van der Waals surface area contributed by atoms with Gasteiger partial charge in [0, 0.05) is 31.6 Å². The van der Waals surface area contributed by atoms with Gasteiger partial charge in [0.15, 0.2) is 0 Å². The quantitative estimate of drug-likeness (QED) is 0.819. The zero-order valence-electron chi connectivity index (χ0n) is 11.7. The van der Waals surface area contributed by atoms with Crippen molar-refractivity contribution < 1.29 is 9.84 Å². The van der Waals surface area contributed by atoms with E-state index in [1.54, 1.807) is 7.11 Å². The van der Waals surface area contributed by atoms with Crippen molar-refractivity contribution in [2.75, 3.05) is 25.6 Å². The Morgan fingerprint density at radius 2 is 2.30 bits per heavy atom. The Bertz CT molecular complexity index is 545. The molecule has 0 bridgehead atoms. The van der Waals surface area contributed by atoms with Crippen LogP contribution < -0.4 is 5.32 Å². The van der Waals surface area contributed by atoms with Crippen LogP contribution in [0.2, 0.25) is 0 Å². The van der Waals surface area contributed by atoms with Gasteiger partial charge >= 0.3 is 0 Å². The van der Waals surface area contributed by atoms with E-state index in [2.05, 4.69) is 14.7 Å². The minimum absolute atomic E-state index is 0.419. The summed E-state index contributed by atoms with van der Waals surface area (Å²) in [5.41, 5.74) is 2.04. The Kier molecular flexibility index (Phi) is 5.46. The zero-order valence-corrected chi connectivity index (χ0v) is 12.5. The van der Waals surface area contributed by atoms with Crippen molar-refractivity contribution in [3.63, 3.8) is 0 Å². The van der Waals surface area contributed by atoms with Gasteiger partial charge in [0.05, 0.1) is 12.7 Å². The van der Waals surface area contributed by atoms with E-state index in [4.69, 9.17) is 4.74 Å². The highest BCUT2D eigenvalue weighted by molar-refractivity contribution is 7.09. The minimum Gasteiger partial charge on any atom is -0.387 e. The predicted molar refractivity (Wildman–Crippen MR) is 80.1 cm³/mol. The Labute approximate surface area is 122 Å². The van der Waals surface area contributed by atoms with Gasteiger partial charge in [0.2, 0.25) is 5.13 Å². The first kappa shape index (κ1) is 14.9. The molecule has 108 valence electrons. The van der Waals surface area contributed by atoms with Gasteiger partial charge in [-0.05, 0) is 12.5 Å². The van der Waals surface area contributed by atoms with E-state index in [1.165, 1.54) is 11.5 Å². The fourth-order valence-corrected chi connectivity index (χ4v) is 2.42. The van der Waals surface area contributed by atoms with Gasteiger partial charge in [0.25, 0.3) is 0 Å². The normalized spacial score (nSPS) is 12.3. The van der Waals surface area contributed by atoms with E-state index in [0.29, 0.717) is 19.6 Å². The van der Waals surface area contributed by atoms with Crippen molar-refractivity contribution in [1.29, 1.82) is 0 Å². The van der Waals surface area contributed by atoms with E-state index in [1.807, 2.05) is 31.2 Å². The zero-order chi connectivity index (χ0) is 14.4. The van der Waals surface area contributed by atoms with E-state index >= 15 is 0 Å². The predicted octanol–water partition coefficient (Wildman–Crippen LogP) is 2.18. The Hall–Kier alpha value is -1.50. The monoisotopic (exact) mass is 293 g/mol. The SMILES string of the molecule is COCCc1nsc(NCC(O)c2cccc(C)c2)n1. The van der Waals surface area contributed by atoms with Crippen molar-refractivity contribution in [3.8, 4) is 0 Å². The summed E-state index contributed by atoms with van der Waals surface area (Å²) in [6, 6.07) is 7.86. The van der Waals surface area contributed by atoms with Crippen molar-refractivity contribution in [2.24, 2.45) is 0 Å². The molecule has 1 aromatic carbocycles. The van der Waals surface area contributed by atoms with Gasteiger partial charge < -0.3 is 15.2 Å². The van der Waals surface area contributed by atoms with Gasteiger partial charge in [-0.3, -0.25) is 0 Å². The smallest absolute Gasteiger partial charge is 0.202 e. The summed E-state index contributed by atoms with van der Waals surface area (Å²) in [6.45, 7) is 3.04. The third kappa shape index (κ3) is 4.26. The standard InChI is InChI=1S/C14H19N3O2S/c1-10-4-3-5-11(8-10)12(18)9-15-14-16-13(17-20-14)6-7-19-2/h3-5,8,12,18H,6-7,9H2,1-2H3,(H,15,16,17). The van der Waals surface area contributed by atoms with Crippen molar-refractivity contribution in [2.45, 2.75) is 19.4 Å². The third-order valence-corrected chi connectivity index (χ3v) is 3.58. The Morgan fingerprint density at radius 3 is 3.05 bits per heavy atom. The first-order chi connectivity index (χ1) is 9.69. The lowest BCUT2D eigenvalue weighted by Crippen LogP contribution is -2.12. The highest BCUT2D eigenvalue weighted by Crippen LogP contribution is 2.17. The number of nitrogens with one attached hydrogen (secondary N) is 1. The van der Waals surface area contributed by atoms with Crippen LogP contribution in [0.5, 0.6) is 0 Å². The van der Waals surface area contributed by atoms with Gasteiger partial charge in [-0.2, -0.15) is 4.37 Å². The molecule has 1 unspecified atom stereocenters. The minimum atomic E-state index is -0.554. The van der Waals surface area contributed by atoms with Crippen LogP contribution in [0.15, 0.2) is 24.3 Å². The van der Waals surface area contributed by atoms with Crippen LogP contribution in [0.3, 0.4) is 0 Å². The Balaban J connectivity index is 1.86. The number of aryl methyl sites for hydroxylation is 1. The van der Waals surface area contributed by atoms with Gasteiger partial charge in [-0.15, -0.1) is 0 Å². The lowest BCUT2D eigenvalue weighted by molar-refractivity contribution is 0.191. The lowest BCUT2D eigenvalue weighted by Gasteiger charge is -2.11. The average molecular weight is 293 g/mol. The maximum absolute atomic E-state index is 10.1. The summed E-state index contributed by atoms with van der Waals surface area (Å²) >= 11 is 1.30. The molecule has 2 aromatic rings. The number of hydrogen-bond donors (Lipinski definition) is 2. The molecule has 0 saturated heterocycles. The number of benzene rings is 1. The average Bonchev–Trinajstić information content (AvgIpc) is 2.90. The summed E-state index contributed by atoms with van der Waals surface area (Å²) in [4.78, 5) is 4.34. The fourth-order valence-electron chi connectivity index (χ4n) is 1.80. The molecule has 1 heterocycles. The molecule has 0 aliphatic heterocycles. The van der Waals surface area contributed by atoms with Crippen molar-refractivity contribution >= 4 is 16.7 Å². The van der Waals surface area contributed by atoms with Crippen LogP contribution in [0.4, 0.5) is 5.13 Å². The van der Waals surface area contributed by atoms with Crippen LogP contribution in [0, 0.1) is 6.92 Å². The third-order valence-electron chi connectivity index (χ3n) is 2.87. The molecule has 0 fully saturated rings. The summed E-state index contributed by atoms with van der Waals surface area (Å²) in [6.07, 6.45) is 0.149. The molecule has 1 aromatic heterocycles. The molecule has 20 heavy (non-hydrogen) atoms. The molecule has 0 saturated carbocycles. The fraction of sp³-hybridized carbons (Fsp3) is 0.429. The summed E-state index contributed by atoms with van der Waals surface area (Å²) in [7, 11) is 1.66. The number of aliphatic hydroxyl groups excluding tert-OH is 1. The summed E-state index contributed by atoms with van der Waals surface area (Å²) in [5.74, 6) is 0.768. The maximum Gasteiger partial charge on any atom is 0.202 e.